The third-order valence-electron chi connectivity index (χ3n) is 2.71. The van der Waals surface area contributed by atoms with Crippen LogP contribution in [0.1, 0.15) is 17.3 Å². The number of carbonyl (C=O) groups excluding carboxylic acids is 1. The minimum Gasteiger partial charge on any atom is -0.507 e. The van der Waals surface area contributed by atoms with Gasteiger partial charge in [-0.2, -0.15) is 0 Å². The van der Waals surface area contributed by atoms with Crippen molar-refractivity contribution in [3.05, 3.63) is 36.0 Å². The highest BCUT2D eigenvalue weighted by molar-refractivity contribution is 6.04. The third-order valence-corrected chi connectivity index (χ3v) is 2.71. The largest absolute Gasteiger partial charge is 0.507 e. The molecule has 0 saturated carbocycles. The molecule has 4 nitrogen and oxygen atoms in total. The second-order valence-electron chi connectivity index (χ2n) is 3.91. The lowest BCUT2D eigenvalue weighted by atomic mass is 9.99. The van der Waals surface area contributed by atoms with Crippen LogP contribution >= 0.6 is 0 Å². The highest BCUT2D eigenvalue weighted by Crippen LogP contribution is 2.37. The van der Waals surface area contributed by atoms with E-state index >= 15 is 0 Å². The van der Waals surface area contributed by atoms with E-state index in [4.69, 9.17) is 0 Å². The van der Waals surface area contributed by atoms with Crippen LogP contribution in [0.25, 0.3) is 11.3 Å². The lowest BCUT2D eigenvalue weighted by Gasteiger charge is -2.12. The van der Waals surface area contributed by atoms with Gasteiger partial charge in [-0.1, -0.05) is 0 Å². The maximum Gasteiger partial charge on any atom is 0.164 e. The minimum atomic E-state index is -0.283. The number of aryl methyl sites for hydroxylation is 1. The van der Waals surface area contributed by atoms with E-state index < -0.39 is 0 Å². The Morgan fingerprint density at radius 2 is 1.82 bits per heavy atom. The molecule has 0 aliphatic rings. The third kappa shape index (κ3) is 1.78. The van der Waals surface area contributed by atoms with Crippen molar-refractivity contribution in [2.24, 2.45) is 7.05 Å². The van der Waals surface area contributed by atoms with Gasteiger partial charge in [0.25, 0.3) is 0 Å². The van der Waals surface area contributed by atoms with Crippen molar-refractivity contribution in [1.29, 1.82) is 0 Å². The molecule has 0 atom stereocenters. The van der Waals surface area contributed by atoms with E-state index in [2.05, 4.69) is 0 Å². The summed E-state index contributed by atoms with van der Waals surface area (Å²) < 4.78 is 1.78. The zero-order valence-corrected chi connectivity index (χ0v) is 9.64. The van der Waals surface area contributed by atoms with E-state index in [1.165, 1.54) is 19.1 Å². The number of benzene rings is 1. The molecule has 0 amide bonds. The number of rotatable bonds is 2. The Balaban J connectivity index is 2.81. The number of phenols is 2. The first kappa shape index (κ1) is 11.3. The number of nitrogens with zero attached hydrogens (tertiary/aromatic N) is 1. The normalized spacial score (nSPS) is 10.5. The zero-order chi connectivity index (χ0) is 12.6. The molecule has 88 valence electrons. The Morgan fingerprint density at radius 1 is 1.18 bits per heavy atom. The highest BCUT2D eigenvalue weighted by Gasteiger charge is 2.19. The molecule has 0 bridgehead atoms. The molecule has 0 fully saturated rings. The molecule has 0 aliphatic heterocycles. The molecule has 0 unspecified atom stereocenters. The SMILES string of the molecule is CC(=O)c1c(O)ccc(O)c1-c1cccn1C. The molecule has 1 heterocycles. The van der Waals surface area contributed by atoms with Gasteiger partial charge in [-0.15, -0.1) is 0 Å². The number of Topliss-reactive ketones (excluding diaryl/α,β-unsaturated/α-hetero) is 1. The number of hydrogen-bond donors (Lipinski definition) is 2. The van der Waals surface area contributed by atoms with Crippen LogP contribution in [0.3, 0.4) is 0 Å². The molecule has 1 aromatic carbocycles. The summed E-state index contributed by atoms with van der Waals surface area (Å²) in [4.78, 5) is 11.6. The van der Waals surface area contributed by atoms with Gasteiger partial charge >= 0.3 is 0 Å². The lowest BCUT2D eigenvalue weighted by molar-refractivity contribution is 0.101. The molecule has 4 heteroatoms. The molecular weight excluding hydrogens is 218 g/mol. The molecule has 2 aromatic rings. The van der Waals surface area contributed by atoms with Gasteiger partial charge in [0.05, 0.1) is 16.8 Å². The Hall–Kier alpha value is -2.23. The van der Waals surface area contributed by atoms with E-state index in [0.29, 0.717) is 11.3 Å². The number of hydrogen-bond acceptors (Lipinski definition) is 3. The van der Waals surface area contributed by atoms with Crippen LogP contribution in [-0.4, -0.2) is 20.6 Å². The van der Waals surface area contributed by atoms with Crippen molar-refractivity contribution in [3.8, 4) is 22.8 Å². The van der Waals surface area contributed by atoms with Crippen molar-refractivity contribution >= 4 is 5.78 Å². The topological polar surface area (TPSA) is 62.5 Å². The monoisotopic (exact) mass is 231 g/mol. The van der Waals surface area contributed by atoms with Crippen molar-refractivity contribution in [1.82, 2.24) is 4.57 Å². The predicted molar refractivity (Wildman–Crippen MR) is 64.2 cm³/mol. The molecule has 0 spiro atoms. The molecule has 2 N–H and O–H groups in total. The second-order valence-corrected chi connectivity index (χ2v) is 3.91. The summed E-state index contributed by atoms with van der Waals surface area (Å²) in [6, 6.07) is 6.28. The molecule has 0 saturated heterocycles. The van der Waals surface area contributed by atoms with Gasteiger partial charge in [0.1, 0.15) is 11.5 Å². The standard InChI is InChI=1S/C13H13NO3/c1-8(15)12-10(16)5-6-11(17)13(12)9-4-3-7-14(9)2/h3-7,16-17H,1-2H3. The van der Waals surface area contributed by atoms with E-state index in [1.54, 1.807) is 10.6 Å². The maximum atomic E-state index is 11.6. The van der Waals surface area contributed by atoms with Crippen molar-refractivity contribution in [2.75, 3.05) is 0 Å². The summed E-state index contributed by atoms with van der Waals surface area (Å²) >= 11 is 0. The number of aromatic nitrogens is 1. The Bertz CT molecular complexity index is 584. The van der Waals surface area contributed by atoms with E-state index in [1.807, 2.05) is 19.3 Å². The lowest BCUT2D eigenvalue weighted by Crippen LogP contribution is -2.00. The van der Waals surface area contributed by atoms with Crippen LogP contribution in [0, 0.1) is 0 Å². The van der Waals surface area contributed by atoms with Gasteiger partial charge in [0.2, 0.25) is 0 Å². The first-order valence-corrected chi connectivity index (χ1v) is 5.20. The first-order chi connectivity index (χ1) is 8.02. The minimum absolute atomic E-state index is 0.0187. The summed E-state index contributed by atoms with van der Waals surface area (Å²) in [6.45, 7) is 1.36. The summed E-state index contributed by atoms with van der Waals surface area (Å²) in [5.74, 6) is -0.420. The molecule has 2 rings (SSSR count). The number of ketones is 1. The van der Waals surface area contributed by atoms with E-state index in [0.717, 1.165) is 0 Å². The smallest absolute Gasteiger partial charge is 0.164 e. The molecule has 0 aliphatic carbocycles. The zero-order valence-electron chi connectivity index (χ0n) is 9.64. The number of phenolic OH excluding ortho intramolecular Hbond substituents is 2. The number of aromatic hydroxyl groups is 2. The van der Waals surface area contributed by atoms with Crippen LogP contribution in [0.5, 0.6) is 11.5 Å². The quantitative estimate of drug-likeness (QED) is 0.615. The predicted octanol–water partition coefficient (Wildman–Crippen LogP) is 2.31. The van der Waals surface area contributed by atoms with Gasteiger partial charge in [-0.3, -0.25) is 4.79 Å². The summed E-state index contributed by atoms with van der Waals surface area (Å²) in [5, 5.41) is 19.6. The molecular formula is C13H13NO3. The van der Waals surface area contributed by atoms with Gasteiger partial charge in [0.15, 0.2) is 5.78 Å². The van der Waals surface area contributed by atoms with Gasteiger partial charge in [-0.25, -0.2) is 0 Å². The van der Waals surface area contributed by atoms with Gasteiger partial charge in [-0.05, 0) is 31.2 Å². The van der Waals surface area contributed by atoms with Gasteiger partial charge in [0, 0.05) is 13.2 Å². The average Bonchev–Trinajstić information content (AvgIpc) is 2.67. The van der Waals surface area contributed by atoms with Crippen LogP contribution in [0.2, 0.25) is 0 Å². The number of carbonyl (C=O) groups is 1. The molecule has 0 radical (unpaired) electrons. The fraction of sp³-hybridized carbons (Fsp3) is 0.154. The summed E-state index contributed by atoms with van der Waals surface area (Å²) in [7, 11) is 1.81. The Morgan fingerprint density at radius 3 is 2.35 bits per heavy atom. The maximum absolute atomic E-state index is 11.6. The molecule has 17 heavy (non-hydrogen) atoms. The van der Waals surface area contributed by atoms with Crippen molar-refractivity contribution < 1.29 is 15.0 Å². The second kappa shape index (κ2) is 3.97. The van der Waals surface area contributed by atoms with Crippen molar-refractivity contribution in [3.63, 3.8) is 0 Å². The molecule has 1 aromatic heterocycles. The van der Waals surface area contributed by atoms with E-state index in [-0.39, 0.29) is 22.8 Å². The van der Waals surface area contributed by atoms with Crippen LogP contribution in [0.4, 0.5) is 0 Å². The van der Waals surface area contributed by atoms with Crippen LogP contribution < -0.4 is 0 Å². The van der Waals surface area contributed by atoms with E-state index in [9.17, 15) is 15.0 Å². The van der Waals surface area contributed by atoms with Crippen molar-refractivity contribution in [2.45, 2.75) is 6.92 Å². The Labute approximate surface area is 98.8 Å². The fourth-order valence-electron chi connectivity index (χ4n) is 1.92. The van der Waals surface area contributed by atoms with Crippen LogP contribution in [0.15, 0.2) is 30.5 Å². The first-order valence-electron chi connectivity index (χ1n) is 5.20. The Kier molecular flexibility index (Phi) is 2.63. The highest BCUT2D eigenvalue weighted by atomic mass is 16.3. The van der Waals surface area contributed by atoms with Gasteiger partial charge < -0.3 is 14.8 Å². The van der Waals surface area contributed by atoms with Crippen LogP contribution in [-0.2, 0) is 7.05 Å². The fourth-order valence-corrected chi connectivity index (χ4v) is 1.92. The summed E-state index contributed by atoms with van der Waals surface area (Å²) in [6.07, 6.45) is 1.81. The summed E-state index contributed by atoms with van der Waals surface area (Å²) in [5.41, 5.74) is 1.19. The average molecular weight is 231 g/mol.